The second-order valence-electron chi connectivity index (χ2n) is 14.9. The van der Waals surface area contributed by atoms with Crippen LogP contribution in [0.25, 0.3) is 71.7 Å². The first-order chi connectivity index (χ1) is 26.5. The molecule has 2 aromatic heterocycles. The van der Waals surface area contributed by atoms with Gasteiger partial charge in [0.2, 0.25) is 0 Å². The minimum Gasteiger partial charge on any atom is -0.455 e. The minimum atomic E-state index is -0.108. The molecule has 0 amide bonds. The van der Waals surface area contributed by atoms with Gasteiger partial charge in [0.05, 0.1) is 11.0 Å². The molecule has 0 radical (unpaired) electrons. The van der Waals surface area contributed by atoms with Crippen molar-refractivity contribution in [1.82, 2.24) is 4.57 Å². The quantitative estimate of drug-likeness (QED) is 0.179. The van der Waals surface area contributed by atoms with Gasteiger partial charge in [-0.05, 0) is 94.5 Å². The lowest BCUT2D eigenvalue weighted by Gasteiger charge is -2.28. The van der Waals surface area contributed by atoms with Crippen LogP contribution in [0.4, 0.5) is 17.1 Å². The number of fused-ring (bicyclic) bond motifs is 9. The van der Waals surface area contributed by atoms with Gasteiger partial charge in [0.15, 0.2) is 0 Å². The Labute approximate surface area is 314 Å². The summed E-state index contributed by atoms with van der Waals surface area (Å²) in [5.74, 6) is 0. The minimum absolute atomic E-state index is 0.108. The lowest BCUT2D eigenvalue weighted by Crippen LogP contribution is -2.16. The molecule has 256 valence electrons. The predicted molar refractivity (Wildman–Crippen MR) is 226 cm³/mol. The largest absolute Gasteiger partial charge is 0.455 e. The van der Waals surface area contributed by atoms with Crippen molar-refractivity contribution in [2.75, 3.05) is 4.90 Å². The van der Waals surface area contributed by atoms with Crippen molar-refractivity contribution < 1.29 is 4.42 Å². The average molecular weight is 693 g/mol. The van der Waals surface area contributed by atoms with E-state index in [1.54, 1.807) is 0 Å². The van der Waals surface area contributed by atoms with Gasteiger partial charge in [-0.1, -0.05) is 129 Å². The molecule has 1 aliphatic carbocycles. The molecule has 8 aromatic carbocycles. The summed E-state index contributed by atoms with van der Waals surface area (Å²) < 4.78 is 8.80. The van der Waals surface area contributed by atoms with Gasteiger partial charge in [0, 0.05) is 55.3 Å². The smallest absolute Gasteiger partial charge is 0.143 e. The number of benzene rings is 8. The van der Waals surface area contributed by atoms with Gasteiger partial charge >= 0.3 is 0 Å². The Morgan fingerprint density at radius 2 is 1.00 bits per heavy atom. The van der Waals surface area contributed by atoms with Crippen LogP contribution in [0, 0.1) is 0 Å². The molecule has 0 bridgehead atoms. The number of hydrogen-bond acceptors (Lipinski definition) is 2. The molecule has 0 fully saturated rings. The highest BCUT2D eigenvalue weighted by Gasteiger charge is 2.35. The molecule has 0 N–H and O–H groups in total. The second kappa shape index (κ2) is 11.6. The highest BCUT2D eigenvalue weighted by Crippen LogP contribution is 2.51. The van der Waals surface area contributed by atoms with Crippen molar-refractivity contribution in [3.63, 3.8) is 0 Å². The van der Waals surface area contributed by atoms with E-state index in [1.165, 1.54) is 44.1 Å². The Morgan fingerprint density at radius 3 is 1.74 bits per heavy atom. The highest BCUT2D eigenvalue weighted by atomic mass is 16.3. The normalized spacial score (nSPS) is 13.1. The molecule has 0 aliphatic heterocycles. The Hall–Kier alpha value is -6.84. The summed E-state index contributed by atoms with van der Waals surface area (Å²) in [5, 5.41) is 4.81. The Kier molecular flexibility index (Phi) is 6.60. The van der Waals surface area contributed by atoms with Gasteiger partial charge in [0.1, 0.15) is 11.2 Å². The molecule has 1 aliphatic rings. The van der Waals surface area contributed by atoms with E-state index >= 15 is 0 Å². The van der Waals surface area contributed by atoms with Crippen molar-refractivity contribution in [2.45, 2.75) is 19.3 Å². The first-order valence-electron chi connectivity index (χ1n) is 18.7. The maximum absolute atomic E-state index is 6.43. The molecule has 0 saturated heterocycles. The predicted octanol–water partition coefficient (Wildman–Crippen LogP) is 14.1. The van der Waals surface area contributed by atoms with Gasteiger partial charge in [-0.15, -0.1) is 0 Å². The van der Waals surface area contributed by atoms with E-state index in [-0.39, 0.29) is 5.41 Å². The van der Waals surface area contributed by atoms with Crippen LogP contribution in [-0.4, -0.2) is 4.57 Å². The molecular formula is C51H36N2O. The van der Waals surface area contributed by atoms with Crippen LogP contribution in [0.1, 0.15) is 25.0 Å². The summed E-state index contributed by atoms with van der Waals surface area (Å²) in [4.78, 5) is 2.39. The second-order valence-corrected chi connectivity index (χ2v) is 14.9. The number of para-hydroxylation sites is 4. The molecule has 0 saturated carbocycles. The number of furan rings is 1. The van der Waals surface area contributed by atoms with Crippen LogP contribution in [0.5, 0.6) is 0 Å². The van der Waals surface area contributed by atoms with E-state index < -0.39 is 0 Å². The molecule has 3 nitrogen and oxygen atoms in total. The fraction of sp³-hybridized carbons (Fsp3) is 0.0588. The molecule has 0 spiro atoms. The average Bonchev–Trinajstić information content (AvgIpc) is 3.84. The van der Waals surface area contributed by atoms with E-state index in [1.807, 2.05) is 12.1 Å². The summed E-state index contributed by atoms with van der Waals surface area (Å²) in [5.41, 5.74) is 16.2. The zero-order valence-corrected chi connectivity index (χ0v) is 30.1. The van der Waals surface area contributed by atoms with E-state index in [9.17, 15) is 0 Å². The van der Waals surface area contributed by atoms with Gasteiger partial charge < -0.3 is 13.9 Å². The van der Waals surface area contributed by atoms with Crippen molar-refractivity contribution in [3.8, 4) is 27.9 Å². The number of nitrogens with zero attached hydrogens (tertiary/aromatic N) is 2. The lowest BCUT2D eigenvalue weighted by atomic mass is 9.82. The first kappa shape index (κ1) is 30.8. The lowest BCUT2D eigenvalue weighted by molar-refractivity contribution is 0.660. The number of aromatic nitrogens is 1. The molecule has 0 unspecified atom stereocenters. The topological polar surface area (TPSA) is 21.3 Å². The van der Waals surface area contributed by atoms with Gasteiger partial charge in [-0.2, -0.15) is 0 Å². The fourth-order valence-corrected chi connectivity index (χ4v) is 8.99. The first-order valence-corrected chi connectivity index (χ1v) is 18.7. The van der Waals surface area contributed by atoms with Crippen LogP contribution >= 0.6 is 0 Å². The van der Waals surface area contributed by atoms with Crippen molar-refractivity contribution in [2.24, 2.45) is 0 Å². The number of anilines is 3. The summed E-state index contributed by atoms with van der Waals surface area (Å²) >= 11 is 0. The fourth-order valence-electron chi connectivity index (χ4n) is 8.99. The number of hydrogen-bond donors (Lipinski definition) is 0. The van der Waals surface area contributed by atoms with Gasteiger partial charge in [-0.25, -0.2) is 0 Å². The highest BCUT2D eigenvalue weighted by molar-refractivity contribution is 6.10. The molecule has 2 heterocycles. The van der Waals surface area contributed by atoms with Crippen molar-refractivity contribution >= 4 is 60.8 Å². The maximum atomic E-state index is 6.43. The van der Waals surface area contributed by atoms with E-state index in [0.717, 1.165) is 55.8 Å². The third-order valence-electron chi connectivity index (χ3n) is 11.6. The molecular weight excluding hydrogens is 657 g/mol. The third kappa shape index (κ3) is 4.48. The molecule has 3 heteroatoms. The molecule has 54 heavy (non-hydrogen) atoms. The summed E-state index contributed by atoms with van der Waals surface area (Å²) in [7, 11) is 0. The van der Waals surface area contributed by atoms with Crippen molar-refractivity contribution in [1.29, 1.82) is 0 Å². The molecule has 11 rings (SSSR count). The molecule has 10 aromatic rings. The van der Waals surface area contributed by atoms with Gasteiger partial charge in [-0.3, -0.25) is 0 Å². The van der Waals surface area contributed by atoms with Crippen LogP contribution in [0.3, 0.4) is 0 Å². The van der Waals surface area contributed by atoms with Gasteiger partial charge in [0.25, 0.3) is 0 Å². The van der Waals surface area contributed by atoms with E-state index in [0.29, 0.717) is 0 Å². The summed E-state index contributed by atoms with van der Waals surface area (Å²) in [6.07, 6.45) is 0. The Balaban J connectivity index is 1.05. The van der Waals surface area contributed by atoms with Crippen LogP contribution in [-0.2, 0) is 5.41 Å². The van der Waals surface area contributed by atoms with Crippen molar-refractivity contribution in [3.05, 3.63) is 193 Å². The standard InChI is InChI=1S/C51H36N2O/c1-51(2)45-18-7-3-12-39(45)40-31-30-37(32-46(40)51)52(34-24-22-33(23-25-34)38-16-11-17-44-43-15-6-10-21-49(43)54-50(38)44)35-26-28-36(29-27-35)53-47-19-8-4-13-41(47)42-14-5-9-20-48(42)53/h3-32H,1-2H3. The third-order valence-corrected chi connectivity index (χ3v) is 11.6. The summed E-state index contributed by atoms with van der Waals surface area (Å²) in [6, 6.07) is 65.9. The molecule has 0 atom stereocenters. The van der Waals surface area contributed by atoms with Crippen LogP contribution in [0.2, 0.25) is 0 Å². The number of rotatable bonds is 5. The Bertz CT molecular complexity index is 3020. The van der Waals surface area contributed by atoms with Crippen LogP contribution < -0.4 is 4.90 Å². The zero-order chi connectivity index (χ0) is 36.0. The summed E-state index contributed by atoms with van der Waals surface area (Å²) in [6.45, 7) is 4.69. The maximum Gasteiger partial charge on any atom is 0.143 e. The zero-order valence-electron chi connectivity index (χ0n) is 30.1. The Morgan fingerprint density at radius 1 is 0.444 bits per heavy atom. The SMILES string of the molecule is CC1(C)c2ccccc2-c2ccc(N(c3ccc(-c4cccc5c4oc4ccccc45)cc3)c3ccc(-n4c5ccccc5c5ccccc54)cc3)cc21. The van der Waals surface area contributed by atoms with Crippen LogP contribution in [0.15, 0.2) is 186 Å². The monoisotopic (exact) mass is 692 g/mol. The van der Waals surface area contributed by atoms with E-state index in [4.69, 9.17) is 4.42 Å². The van der Waals surface area contributed by atoms with E-state index in [2.05, 4.69) is 193 Å².